The Kier molecular flexibility index (Phi) is 5.66. The van der Waals surface area contributed by atoms with Crippen LogP contribution in [0, 0.1) is 0 Å². The molecule has 2 aromatic carbocycles. The third-order valence-corrected chi connectivity index (χ3v) is 4.89. The summed E-state index contributed by atoms with van der Waals surface area (Å²) in [6.07, 6.45) is -2.51. The number of rotatable bonds is 6. The van der Waals surface area contributed by atoms with E-state index < -0.39 is 17.6 Å². The zero-order chi connectivity index (χ0) is 22.9. The number of nitrogens with zero attached hydrogens (tertiary/aromatic N) is 4. The maximum absolute atomic E-state index is 13.0. The Morgan fingerprint density at radius 1 is 1.19 bits per heavy atom. The van der Waals surface area contributed by atoms with Crippen LogP contribution in [0.2, 0.25) is 0 Å². The van der Waals surface area contributed by atoms with Crippen LogP contribution in [0.25, 0.3) is 11.0 Å². The van der Waals surface area contributed by atoms with Gasteiger partial charge in [0, 0.05) is 24.9 Å². The molecule has 0 saturated heterocycles. The largest absolute Gasteiger partial charge is 0.416 e. The molecule has 0 radical (unpaired) electrons. The summed E-state index contributed by atoms with van der Waals surface area (Å²) in [5.41, 5.74) is 0.475. The number of aliphatic hydroxyl groups excluding tert-OH is 1. The first-order chi connectivity index (χ1) is 15.3. The zero-order valence-electron chi connectivity index (χ0n) is 16.6. The number of amides is 2. The molecule has 1 aromatic heterocycles. The highest BCUT2D eigenvalue weighted by Gasteiger charge is 2.31. The summed E-state index contributed by atoms with van der Waals surface area (Å²) >= 11 is 0. The lowest BCUT2D eigenvalue weighted by Gasteiger charge is -2.12. The number of alkyl halides is 3. The second-order valence-electron chi connectivity index (χ2n) is 7.08. The quantitative estimate of drug-likeness (QED) is 0.607. The van der Waals surface area contributed by atoms with Crippen molar-refractivity contribution in [2.24, 2.45) is 5.10 Å². The van der Waals surface area contributed by atoms with Crippen LogP contribution in [0.1, 0.15) is 28.8 Å². The van der Waals surface area contributed by atoms with Gasteiger partial charge in [0.15, 0.2) is 0 Å². The lowest BCUT2D eigenvalue weighted by atomic mass is 10.1. The SMILES string of the molecule is O=C(Nc1nc2cc(N3N=CCC3=O)ccc2n1CCCO)c1cccc(C(F)(F)F)c1. The van der Waals surface area contributed by atoms with Gasteiger partial charge >= 0.3 is 6.18 Å². The van der Waals surface area contributed by atoms with Crippen LogP contribution in [0.15, 0.2) is 47.6 Å². The molecule has 3 aromatic rings. The zero-order valence-corrected chi connectivity index (χ0v) is 16.6. The topological polar surface area (TPSA) is 99.8 Å². The summed E-state index contributed by atoms with van der Waals surface area (Å²) in [5.74, 6) is -0.831. The Morgan fingerprint density at radius 3 is 2.69 bits per heavy atom. The highest BCUT2D eigenvalue weighted by Crippen LogP contribution is 2.30. The van der Waals surface area contributed by atoms with E-state index in [9.17, 15) is 27.9 Å². The average Bonchev–Trinajstić information content (AvgIpc) is 3.34. The van der Waals surface area contributed by atoms with E-state index in [1.54, 1.807) is 22.8 Å². The summed E-state index contributed by atoms with van der Waals surface area (Å²) < 4.78 is 40.6. The van der Waals surface area contributed by atoms with Crippen LogP contribution in [0.5, 0.6) is 0 Å². The van der Waals surface area contributed by atoms with E-state index in [0.29, 0.717) is 29.7 Å². The fourth-order valence-corrected chi connectivity index (χ4v) is 3.37. The average molecular weight is 445 g/mol. The maximum atomic E-state index is 13.0. The fourth-order valence-electron chi connectivity index (χ4n) is 3.37. The molecule has 0 aliphatic carbocycles. The molecule has 8 nitrogen and oxygen atoms in total. The van der Waals surface area contributed by atoms with Gasteiger partial charge in [0.25, 0.3) is 11.8 Å². The number of hydrazone groups is 1. The predicted molar refractivity (Wildman–Crippen MR) is 111 cm³/mol. The summed E-state index contributed by atoms with van der Waals surface area (Å²) in [5, 5.41) is 17.0. The Hall–Kier alpha value is -3.73. The first-order valence-corrected chi connectivity index (χ1v) is 9.73. The smallest absolute Gasteiger partial charge is 0.396 e. The van der Waals surface area contributed by atoms with E-state index in [0.717, 1.165) is 18.2 Å². The Morgan fingerprint density at radius 2 is 2.00 bits per heavy atom. The highest BCUT2D eigenvalue weighted by atomic mass is 19.4. The maximum Gasteiger partial charge on any atom is 0.416 e. The van der Waals surface area contributed by atoms with Crippen molar-refractivity contribution in [3.05, 3.63) is 53.6 Å². The molecule has 0 bridgehead atoms. The molecule has 0 atom stereocenters. The molecular weight excluding hydrogens is 427 g/mol. The monoisotopic (exact) mass is 445 g/mol. The third kappa shape index (κ3) is 4.19. The molecule has 0 saturated carbocycles. The number of anilines is 2. The van der Waals surface area contributed by atoms with Crippen LogP contribution in [0.4, 0.5) is 24.8 Å². The van der Waals surface area contributed by atoms with E-state index in [4.69, 9.17) is 0 Å². The standard InChI is InChI=1S/C21H18F3N5O3/c22-21(23,24)14-4-1-3-13(11-14)19(32)27-20-26-16-12-15(29-18(31)7-8-25-29)5-6-17(16)28(20)9-2-10-30/h1,3-6,8,11-12,30H,2,7,9-10H2,(H,26,27,32). The van der Waals surface area contributed by atoms with Gasteiger partial charge in [0.2, 0.25) is 5.95 Å². The van der Waals surface area contributed by atoms with Gasteiger partial charge < -0.3 is 9.67 Å². The molecule has 2 heterocycles. The third-order valence-electron chi connectivity index (χ3n) is 4.89. The number of imidazole rings is 1. The second kappa shape index (κ2) is 8.42. The molecule has 0 spiro atoms. The van der Waals surface area contributed by atoms with E-state index >= 15 is 0 Å². The van der Waals surface area contributed by atoms with Gasteiger partial charge in [-0.3, -0.25) is 14.9 Å². The van der Waals surface area contributed by atoms with Crippen molar-refractivity contribution in [1.29, 1.82) is 0 Å². The number of hydrogen-bond acceptors (Lipinski definition) is 5. The fraction of sp³-hybridized carbons (Fsp3) is 0.238. The van der Waals surface area contributed by atoms with Crippen molar-refractivity contribution >= 4 is 40.7 Å². The highest BCUT2D eigenvalue weighted by molar-refractivity contribution is 6.06. The van der Waals surface area contributed by atoms with E-state index in [1.165, 1.54) is 17.3 Å². The summed E-state index contributed by atoms with van der Waals surface area (Å²) in [7, 11) is 0. The minimum absolute atomic E-state index is 0.101. The van der Waals surface area contributed by atoms with Crippen molar-refractivity contribution in [2.75, 3.05) is 16.9 Å². The van der Waals surface area contributed by atoms with Crippen LogP contribution < -0.4 is 10.3 Å². The summed E-state index contributed by atoms with van der Waals surface area (Å²) in [6, 6.07) is 9.11. The lowest BCUT2D eigenvalue weighted by Crippen LogP contribution is -2.19. The molecule has 0 unspecified atom stereocenters. The van der Waals surface area contributed by atoms with Crippen LogP contribution in [0.3, 0.4) is 0 Å². The van der Waals surface area contributed by atoms with Crippen LogP contribution in [-0.2, 0) is 17.5 Å². The van der Waals surface area contributed by atoms with Gasteiger partial charge in [-0.2, -0.15) is 18.3 Å². The molecular formula is C21H18F3N5O3. The molecule has 0 fully saturated rings. The number of benzene rings is 2. The number of aromatic nitrogens is 2. The second-order valence-corrected chi connectivity index (χ2v) is 7.08. The van der Waals surface area contributed by atoms with E-state index in [2.05, 4.69) is 15.4 Å². The van der Waals surface area contributed by atoms with Gasteiger partial charge in [-0.05, 0) is 42.8 Å². The predicted octanol–water partition coefficient (Wildman–Crippen LogP) is 3.41. The number of aryl methyl sites for hydroxylation is 1. The molecule has 32 heavy (non-hydrogen) atoms. The Balaban J connectivity index is 1.68. The van der Waals surface area contributed by atoms with Crippen molar-refractivity contribution < 1.29 is 27.9 Å². The molecule has 2 amide bonds. The van der Waals surface area contributed by atoms with Crippen molar-refractivity contribution in [2.45, 2.75) is 25.6 Å². The van der Waals surface area contributed by atoms with Crippen molar-refractivity contribution in [1.82, 2.24) is 9.55 Å². The van der Waals surface area contributed by atoms with Gasteiger partial charge in [-0.15, -0.1) is 0 Å². The minimum Gasteiger partial charge on any atom is -0.396 e. The molecule has 166 valence electrons. The minimum atomic E-state index is -4.57. The number of hydrogen-bond donors (Lipinski definition) is 2. The Labute approximate surface area is 180 Å². The molecule has 4 rings (SSSR count). The summed E-state index contributed by atoms with van der Waals surface area (Å²) in [4.78, 5) is 29.0. The van der Waals surface area contributed by atoms with Crippen LogP contribution >= 0.6 is 0 Å². The van der Waals surface area contributed by atoms with Crippen molar-refractivity contribution in [3.63, 3.8) is 0 Å². The van der Waals surface area contributed by atoms with E-state index in [1.807, 2.05) is 0 Å². The number of nitrogens with one attached hydrogen (secondary N) is 1. The van der Waals surface area contributed by atoms with Crippen molar-refractivity contribution in [3.8, 4) is 0 Å². The molecule has 1 aliphatic heterocycles. The van der Waals surface area contributed by atoms with Gasteiger partial charge in [0.05, 0.1) is 28.7 Å². The molecule has 1 aliphatic rings. The van der Waals surface area contributed by atoms with Gasteiger partial charge in [-0.1, -0.05) is 6.07 Å². The molecule has 11 heteroatoms. The number of aliphatic hydroxyl groups is 1. The van der Waals surface area contributed by atoms with Crippen LogP contribution in [-0.4, -0.2) is 39.3 Å². The number of carbonyl (C=O) groups is 2. The Bertz CT molecular complexity index is 1220. The first kappa shape index (κ1) is 21.5. The van der Waals surface area contributed by atoms with Gasteiger partial charge in [-0.25, -0.2) is 9.99 Å². The summed E-state index contributed by atoms with van der Waals surface area (Å²) in [6.45, 7) is 0.209. The number of halogens is 3. The number of fused-ring (bicyclic) bond motifs is 1. The molecule has 2 N–H and O–H groups in total. The van der Waals surface area contributed by atoms with Gasteiger partial charge in [0.1, 0.15) is 0 Å². The number of carbonyl (C=O) groups excluding carboxylic acids is 2. The first-order valence-electron chi connectivity index (χ1n) is 9.73. The van der Waals surface area contributed by atoms with E-state index in [-0.39, 0.29) is 30.4 Å². The lowest BCUT2D eigenvalue weighted by molar-refractivity contribution is -0.137. The normalized spacial score (nSPS) is 13.9.